The molecule has 1 amide bonds. The average molecular weight is 431 g/mol. The molecule has 2 aromatic rings. The van der Waals surface area contributed by atoms with E-state index in [2.05, 4.69) is 5.32 Å². The highest BCUT2D eigenvalue weighted by molar-refractivity contribution is 7.92. The number of hydrogen-bond donors (Lipinski definition) is 1. The monoisotopic (exact) mass is 430 g/mol. The van der Waals surface area contributed by atoms with Crippen molar-refractivity contribution in [2.45, 2.75) is 20.0 Å². The van der Waals surface area contributed by atoms with Crippen LogP contribution < -0.4 is 14.4 Å². The van der Waals surface area contributed by atoms with Crippen LogP contribution in [0, 0.1) is 0 Å². The topological polar surface area (TPSA) is 75.7 Å². The van der Waals surface area contributed by atoms with Gasteiger partial charge in [0.15, 0.2) is 0 Å². The van der Waals surface area contributed by atoms with Gasteiger partial charge in [0.05, 0.1) is 28.1 Å². The summed E-state index contributed by atoms with van der Waals surface area (Å²) < 4.78 is 30.7. The molecule has 27 heavy (non-hydrogen) atoms. The summed E-state index contributed by atoms with van der Waals surface area (Å²) in [6.07, 6.45) is 1.06. The molecule has 0 fully saturated rings. The van der Waals surface area contributed by atoms with Crippen LogP contribution in [0.25, 0.3) is 0 Å². The summed E-state index contributed by atoms with van der Waals surface area (Å²) in [5.74, 6) is 0.181. The van der Waals surface area contributed by atoms with Crippen molar-refractivity contribution in [3.05, 3.63) is 52.5 Å². The van der Waals surface area contributed by atoms with E-state index < -0.39 is 22.5 Å². The molecule has 6 nitrogen and oxygen atoms in total. The van der Waals surface area contributed by atoms with Crippen molar-refractivity contribution in [3.8, 4) is 5.75 Å². The molecule has 1 N–H and O–H groups in total. The summed E-state index contributed by atoms with van der Waals surface area (Å²) in [5.41, 5.74) is 0.779. The Hall–Kier alpha value is -1.96. The molecule has 0 saturated heterocycles. The predicted octanol–water partition coefficient (Wildman–Crippen LogP) is 4.19. The molecule has 0 bridgehead atoms. The first kappa shape index (κ1) is 21.3. The SMILES string of the molecule is CC(C)Oc1ccc(NC(=O)CN(c2ccc(Cl)c(Cl)c2)S(C)(=O)=O)cc1. The van der Waals surface area contributed by atoms with Gasteiger partial charge in [-0.25, -0.2) is 8.42 Å². The van der Waals surface area contributed by atoms with Gasteiger partial charge in [0, 0.05) is 5.69 Å². The van der Waals surface area contributed by atoms with Gasteiger partial charge in [0.1, 0.15) is 12.3 Å². The minimum Gasteiger partial charge on any atom is -0.491 e. The average Bonchev–Trinajstić information content (AvgIpc) is 2.56. The van der Waals surface area contributed by atoms with Crippen molar-refractivity contribution in [2.75, 3.05) is 22.4 Å². The minimum absolute atomic E-state index is 0.0416. The summed E-state index contributed by atoms with van der Waals surface area (Å²) in [6, 6.07) is 11.2. The van der Waals surface area contributed by atoms with Crippen molar-refractivity contribution < 1.29 is 17.9 Å². The van der Waals surface area contributed by atoms with Crippen LogP contribution in [-0.2, 0) is 14.8 Å². The molecule has 0 aromatic heterocycles. The van der Waals surface area contributed by atoms with E-state index in [0.29, 0.717) is 16.5 Å². The van der Waals surface area contributed by atoms with Crippen molar-refractivity contribution in [3.63, 3.8) is 0 Å². The smallest absolute Gasteiger partial charge is 0.245 e. The molecule has 2 rings (SSSR count). The van der Waals surface area contributed by atoms with Crippen LogP contribution in [0.5, 0.6) is 5.75 Å². The number of carbonyl (C=O) groups excluding carboxylic acids is 1. The van der Waals surface area contributed by atoms with Gasteiger partial charge in [-0.3, -0.25) is 9.10 Å². The first-order chi connectivity index (χ1) is 12.6. The molecule has 0 aliphatic rings. The van der Waals surface area contributed by atoms with Gasteiger partial charge in [-0.05, 0) is 56.3 Å². The van der Waals surface area contributed by atoms with Crippen LogP contribution >= 0.6 is 23.2 Å². The number of halogens is 2. The highest BCUT2D eigenvalue weighted by Gasteiger charge is 2.21. The van der Waals surface area contributed by atoms with E-state index in [-0.39, 0.29) is 16.8 Å². The number of sulfonamides is 1. The van der Waals surface area contributed by atoms with Crippen molar-refractivity contribution in [1.29, 1.82) is 0 Å². The van der Waals surface area contributed by atoms with Gasteiger partial charge in [-0.2, -0.15) is 0 Å². The van der Waals surface area contributed by atoms with E-state index in [1.807, 2.05) is 13.8 Å². The summed E-state index contributed by atoms with van der Waals surface area (Å²) in [4.78, 5) is 12.3. The van der Waals surface area contributed by atoms with E-state index in [4.69, 9.17) is 27.9 Å². The van der Waals surface area contributed by atoms with Crippen molar-refractivity contribution in [1.82, 2.24) is 0 Å². The zero-order valence-corrected chi connectivity index (χ0v) is 17.4. The first-order valence-electron chi connectivity index (χ1n) is 8.05. The third kappa shape index (κ3) is 6.30. The number of nitrogens with zero attached hydrogens (tertiary/aromatic N) is 1. The maximum absolute atomic E-state index is 12.3. The summed E-state index contributed by atoms with van der Waals surface area (Å²) in [5, 5.41) is 3.15. The molecule has 9 heteroatoms. The number of carbonyl (C=O) groups is 1. The molecule has 2 aromatic carbocycles. The second kappa shape index (κ2) is 8.82. The Labute approximate surface area is 169 Å². The fraction of sp³-hybridized carbons (Fsp3) is 0.278. The molecule has 0 aliphatic heterocycles. The Kier molecular flexibility index (Phi) is 6.97. The first-order valence-corrected chi connectivity index (χ1v) is 10.7. The highest BCUT2D eigenvalue weighted by atomic mass is 35.5. The second-order valence-corrected chi connectivity index (χ2v) is 8.83. The third-order valence-electron chi connectivity index (χ3n) is 3.39. The van der Waals surface area contributed by atoms with Crippen molar-refractivity contribution >= 4 is 50.5 Å². The quantitative estimate of drug-likeness (QED) is 0.714. The summed E-state index contributed by atoms with van der Waals surface area (Å²) in [7, 11) is -3.70. The van der Waals surface area contributed by atoms with E-state index in [1.54, 1.807) is 24.3 Å². The molecule has 0 radical (unpaired) electrons. The van der Waals surface area contributed by atoms with Crippen LogP contribution in [0.3, 0.4) is 0 Å². The number of benzene rings is 2. The van der Waals surface area contributed by atoms with Gasteiger partial charge < -0.3 is 10.1 Å². The molecule has 0 atom stereocenters. The van der Waals surface area contributed by atoms with Crippen LogP contribution in [0.15, 0.2) is 42.5 Å². The number of rotatable bonds is 7. The van der Waals surface area contributed by atoms with Crippen LogP contribution in [-0.4, -0.2) is 33.2 Å². The van der Waals surface area contributed by atoms with Crippen LogP contribution in [0.2, 0.25) is 10.0 Å². The molecule has 0 saturated carbocycles. The standard InChI is InChI=1S/C18H20Cl2N2O4S/c1-12(2)26-15-7-4-13(5-8-15)21-18(23)11-22(27(3,24)25)14-6-9-16(19)17(20)10-14/h4-10,12H,11H2,1-3H3,(H,21,23). The van der Waals surface area contributed by atoms with E-state index in [1.165, 1.54) is 18.2 Å². The van der Waals surface area contributed by atoms with E-state index >= 15 is 0 Å². The Bertz CT molecular complexity index is 915. The van der Waals surface area contributed by atoms with Crippen LogP contribution in [0.4, 0.5) is 11.4 Å². The molecule has 0 aliphatic carbocycles. The van der Waals surface area contributed by atoms with Gasteiger partial charge in [0.25, 0.3) is 0 Å². The number of amides is 1. The lowest BCUT2D eigenvalue weighted by Crippen LogP contribution is -2.37. The second-order valence-electron chi connectivity index (χ2n) is 6.11. The molecular formula is C18H20Cl2N2O4S. The zero-order valence-electron chi connectivity index (χ0n) is 15.1. The summed E-state index contributed by atoms with van der Waals surface area (Å²) >= 11 is 11.8. The van der Waals surface area contributed by atoms with Crippen LogP contribution in [0.1, 0.15) is 13.8 Å². The molecule has 0 unspecified atom stereocenters. The zero-order chi connectivity index (χ0) is 20.2. The van der Waals surface area contributed by atoms with Gasteiger partial charge >= 0.3 is 0 Å². The number of anilines is 2. The minimum atomic E-state index is -3.70. The maximum Gasteiger partial charge on any atom is 0.245 e. The number of hydrogen-bond acceptors (Lipinski definition) is 4. The Morgan fingerprint density at radius 2 is 1.74 bits per heavy atom. The molecule has 146 valence electrons. The normalized spacial score (nSPS) is 11.3. The highest BCUT2D eigenvalue weighted by Crippen LogP contribution is 2.28. The van der Waals surface area contributed by atoms with Gasteiger partial charge in [0.2, 0.25) is 15.9 Å². The molecule has 0 spiro atoms. The van der Waals surface area contributed by atoms with Gasteiger partial charge in [-0.15, -0.1) is 0 Å². The van der Waals surface area contributed by atoms with Crippen molar-refractivity contribution in [2.24, 2.45) is 0 Å². The lowest BCUT2D eigenvalue weighted by atomic mass is 10.3. The Balaban J connectivity index is 2.13. The maximum atomic E-state index is 12.3. The lowest BCUT2D eigenvalue weighted by molar-refractivity contribution is -0.114. The largest absolute Gasteiger partial charge is 0.491 e. The van der Waals surface area contributed by atoms with E-state index in [0.717, 1.165) is 10.6 Å². The number of nitrogens with one attached hydrogen (secondary N) is 1. The third-order valence-corrected chi connectivity index (χ3v) is 5.27. The lowest BCUT2D eigenvalue weighted by Gasteiger charge is -2.22. The molecular weight excluding hydrogens is 411 g/mol. The fourth-order valence-corrected chi connectivity index (χ4v) is 3.40. The van der Waals surface area contributed by atoms with E-state index in [9.17, 15) is 13.2 Å². The predicted molar refractivity (Wildman–Crippen MR) is 109 cm³/mol. The Morgan fingerprint density at radius 1 is 1.11 bits per heavy atom. The van der Waals surface area contributed by atoms with Gasteiger partial charge in [-0.1, -0.05) is 23.2 Å². The Morgan fingerprint density at radius 3 is 2.26 bits per heavy atom. The summed E-state index contributed by atoms with van der Waals surface area (Å²) in [6.45, 7) is 3.43. The fourth-order valence-electron chi connectivity index (χ4n) is 2.26. The number of ether oxygens (including phenoxy) is 1. The molecule has 0 heterocycles.